The summed E-state index contributed by atoms with van der Waals surface area (Å²) < 4.78 is 39.5. The highest BCUT2D eigenvalue weighted by atomic mass is 35.5. The highest BCUT2D eigenvalue weighted by Crippen LogP contribution is 2.38. The fraction of sp³-hybridized carbons (Fsp3) is 0.538. The molecular formula is C13H15ClF3N3O. The number of hydrogen-bond acceptors (Lipinski definition) is 2. The van der Waals surface area contributed by atoms with Crippen molar-refractivity contribution in [2.24, 2.45) is 7.05 Å². The van der Waals surface area contributed by atoms with Crippen molar-refractivity contribution in [2.75, 3.05) is 5.32 Å². The molecule has 0 aromatic carbocycles. The van der Waals surface area contributed by atoms with Crippen molar-refractivity contribution in [1.29, 1.82) is 0 Å². The normalized spacial score (nSPS) is 15.8. The predicted octanol–water partition coefficient (Wildman–Crippen LogP) is 3.92. The van der Waals surface area contributed by atoms with Gasteiger partial charge in [0.15, 0.2) is 10.8 Å². The van der Waals surface area contributed by atoms with Crippen LogP contribution in [0.5, 0.6) is 0 Å². The molecule has 1 aliphatic rings. The van der Waals surface area contributed by atoms with E-state index < -0.39 is 23.5 Å². The lowest BCUT2D eigenvalue weighted by Gasteiger charge is -2.14. The molecule has 1 aromatic heterocycles. The van der Waals surface area contributed by atoms with E-state index in [2.05, 4.69) is 10.4 Å². The van der Waals surface area contributed by atoms with Gasteiger partial charge in [-0.05, 0) is 25.7 Å². The number of hydrogen-bond donors (Lipinski definition) is 1. The number of nitrogens with one attached hydrogen (secondary N) is 1. The molecular weight excluding hydrogens is 307 g/mol. The maximum atomic E-state index is 12.9. The van der Waals surface area contributed by atoms with Crippen LogP contribution in [0.15, 0.2) is 11.6 Å². The topological polar surface area (TPSA) is 46.9 Å². The van der Waals surface area contributed by atoms with Gasteiger partial charge in [0.25, 0.3) is 0 Å². The standard InChI is InChI=1S/C13H15ClF3N3O/c1-20-11(13(15,16)17)10(12(14)19-20)18-9(21)7-8-5-3-2-4-6-8/h5H,2-4,6-7H2,1H3,(H,18,21). The second-order valence-corrected chi connectivity index (χ2v) is 5.33. The Hall–Kier alpha value is -1.50. The Morgan fingerprint density at radius 3 is 2.76 bits per heavy atom. The van der Waals surface area contributed by atoms with E-state index in [1.807, 2.05) is 6.08 Å². The molecule has 1 aliphatic carbocycles. The molecule has 0 aliphatic heterocycles. The number of nitrogens with zero attached hydrogens (tertiary/aromatic N) is 2. The molecule has 0 spiro atoms. The van der Waals surface area contributed by atoms with Gasteiger partial charge in [0, 0.05) is 13.5 Å². The monoisotopic (exact) mass is 321 g/mol. The number of carbonyl (C=O) groups is 1. The molecule has 1 heterocycles. The molecule has 116 valence electrons. The minimum atomic E-state index is -4.64. The van der Waals surface area contributed by atoms with E-state index >= 15 is 0 Å². The number of alkyl halides is 3. The molecule has 0 atom stereocenters. The van der Waals surface area contributed by atoms with E-state index in [1.165, 1.54) is 0 Å². The zero-order valence-electron chi connectivity index (χ0n) is 11.4. The number of aryl methyl sites for hydroxylation is 1. The minimum absolute atomic E-state index is 0.0858. The minimum Gasteiger partial charge on any atom is -0.321 e. The first-order chi connectivity index (χ1) is 9.79. The summed E-state index contributed by atoms with van der Waals surface area (Å²) in [6.07, 6.45) is 1.21. The fourth-order valence-corrected chi connectivity index (χ4v) is 2.63. The largest absolute Gasteiger partial charge is 0.435 e. The van der Waals surface area contributed by atoms with E-state index in [4.69, 9.17) is 11.6 Å². The summed E-state index contributed by atoms with van der Waals surface area (Å²) in [7, 11) is 1.13. The summed E-state index contributed by atoms with van der Waals surface area (Å²) in [5, 5.41) is 5.38. The summed E-state index contributed by atoms with van der Waals surface area (Å²) in [6, 6.07) is 0. The molecule has 2 rings (SSSR count). The smallest absolute Gasteiger partial charge is 0.321 e. The first-order valence-corrected chi connectivity index (χ1v) is 6.94. The van der Waals surface area contributed by atoms with E-state index in [0.29, 0.717) is 4.68 Å². The van der Waals surface area contributed by atoms with Crippen LogP contribution in [0.25, 0.3) is 0 Å². The van der Waals surface area contributed by atoms with Crippen LogP contribution in [-0.4, -0.2) is 15.7 Å². The Kier molecular flexibility index (Phi) is 4.61. The molecule has 1 amide bonds. The van der Waals surface area contributed by atoms with Crippen molar-refractivity contribution in [3.63, 3.8) is 0 Å². The van der Waals surface area contributed by atoms with Crippen LogP contribution in [0.4, 0.5) is 18.9 Å². The molecule has 0 fully saturated rings. The van der Waals surface area contributed by atoms with Crippen molar-refractivity contribution >= 4 is 23.2 Å². The maximum Gasteiger partial charge on any atom is 0.435 e. The van der Waals surface area contributed by atoms with Crippen molar-refractivity contribution in [3.05, 3.63) is 22.5 Å². The molecule has 4 nitrogen and oxygen atoms in total. The molecule has 0 saturated heterocycles. The zero-order valence-corrected chi connectivity index (χ0v) is 12.2. The Morgan fingerprint density at radius 1 is 1.48 bits per heavy atom. The highest BCUT2D eigenvalue weighted by molar-refractivity contribution is 6.32. The summed E-state index contributed by atoms with van der Waals surface area (Å²) in [5.74, 6) is -0.511. The number of carbonyl (C=O) groups excluding carboxylic acids is 1. The molecule has 1 N–H and O–H groups in total. The maximum absolute atomic E-state index is 12.9. The van der Waals surface area contributed by atoms with Gasteiger partial charge >= 0.3 is 6.18 Å². The Bertz CT molecular complexity index is 578. The quantitative estimate of drug-likeness (QED) is 0.858. The summed E-state index contributed by atoms with van der Waals surface area (Å²) in [6.45, 7) is 0. The number of halogens is 4. The van der Waals surface area contributed by atoms with Gasteiger partial charge in [0.1, 0.15) is 5.69 Å². The first-order valence-electron chi connectivity index (χ1n) is 6.56. The number of aromatic nitrogens is 2. The molecule has 21 heavy (non-hydrogen) atoms. The molecule has 0 unspecified atom stereocenters. The van der Waals surface area contributed by atoms with Crippen molar-refractivity contribution in [3.8, 4) is 0 Å². The first kappa shape index (κ1) is 15.9. The Morgan fingerprint density at radius 2 is 2.19 bits per heavy atom. The van der Waals surface area contributed by atoms with E-state index in [1.54, 1.807) is 0 Å². The van der Waals surface area contributed by atoms with Gasteiger partial charge in [-0.15, -0.1) is 0 Å². The third-order valence-corrected chi connectivity index (χ3v) is 3.57. The number of allylic oxidation sites excluding steroid dienone is 1. The third kappa shape index (κ3) is 3.78. The van der Waals surface area contributed by atoms with Crippen LogP contribution in [0.1, 0.15) is 37.8 Å². The lowest BCUT2D eigenvalue weighted by Crippen LogP contribution is -2.18. The van der Waals surface area contributed by atoms with Crippen LogP contribution < -0.4 is 5.32 Å². The molecule has 0 saturated carbocycles. The van der Waals surface area contributed by atoms with Gasteiger partial charge in [-0.1, -0.05) is 23.3 Å². The van der Waals surface area contributed by atoms with Gasteiger partial charge in [0.05, 0.1) is 0 Å². The second kappa shape index (κ2) is 6.09. The Balaban J connectivity index is 2.16. The summed E-state index contributed by atoms with van der Waals surface area (Å²) in [4.78, 5) is 11.9. The summed E-state index contributed by atoms with van der Waals surface area (Å²) in [5.41, 5.74) is -0.584. The lowest BCUT2D eigenvalue weighted by atomic mass is 9.97. The highest BCUT2D eigenvalue weighted by Gasteiger charge is 2.39. The van der Waals surface area contributed by atoms with Gasteiger partial charge in [-0.25, -0.2) is 0 Å². The predicted molar refractivity (Wildman–Crippen MR) is 73.0 cm³/mol. The molecule has 1 aromatic rings. The second-order valence-electron chi connectivity index (χ2n) is 4.97. The SMILES string of the molecule is Cn1nc(Cl)c(NC(=O)CC2=CCCCC2)c1C(F)(F)F. The summed E-state index contributed by atoms with van der Waals surface area (Å²) >= 11 is 5.68. The van der Waals surface area contributed by atoms with Crippen LogP contribution in [0.2, 0.25) is 5.15 Å². The average molecular weight is 322 g/mol. The fourth-order valence-electron chi connectivity index (χ4n) is 2.38. The van der Waals surface area contributed by atoms with E-state index in [-0.39, 0.29) is 11.6 Å². The molecule has 8 heteroatoms. The van der Waals surface area contributed by atoms with Crippen LogP contribution in [-0.2, 0) is 18.0 Å². The van der Waals surface area contributed by atoms with Crippen LogP contribution in [0.3, 0.4) is 0 Å². The zero-order chi connectivity index (χ0) is 15.6. The van der Waals surface area contributed by atoms with Gasteiger partial charge in [-0.3, -0.25) is 9.48 Å². The van der Waals surface area contributed by atoms with Crippen LogP contribution >= 0.6 is 11.6 Å². The van der Waals surface area contributed by atoms with E-state index in [9.17, 15) is 18.0 Å². The average Bonchev–Trinajstić information content (AvgIpc) is 2.64. The number of rotatable bonds is 3. The molecule has 0 bridgehead atoms. The van der Waals surface area contributed by atoms with Gasteiger partial charge < -0.3 is 5.32 Å². The van der Waals surface area contributed by atoms with Crippen LogP contribution in [0, 0.1) is 0 Å². The number of anilines is 1. The van der Waals surface area contributed by atoms with Crippen molar-refractivity contribution in [1.82, 2.24) is 9.78 Å². The Labute approximate surface area is 125 Å². The van der Waals surface area contributed by atoms with Crippen molar-refractivity contribution < 1.29 is 18.0 Å². The molecule has 0 radical (unpaired) electrons. The number of amides is 1. The van der Waals surface area contributed by atoms with Gasteiger partial charge in [-0.2, -0.15) is 18.3 Å². The third-order valence-electron chi connectivity index (χ3n) is 3.31. The lowest BCUT2D eigenvalue weighted by molar-refractivity contribution is -0.143. The van der Waals surface area contributed by atoms with E-state index in [0.717, 1.165) is 38.3 Å². The van der Waals surface area contributed by atoms with Gasteiger partial charge in [0.2, 0.25) is 5.91 Å². The van der Waals surface area contributed by atoms with Crippen molar-refractivity contribution in [2.45, 2.75) is 38.3 Å².